The van der Waals surface area contributed by atoms with Crippen molar-refractivity contribution in [1.29, 1.82) is 0 Å². The van der Waals surface area contributed by atoms with Crippen molar-refractivity contribution in [1.82, 2.24) is 4.40 Å². The molecule has 8 aromatic rings. The second-order valence-corrected chi connectivity index (χ2v) is 13.2. The van der Waals surface area contributed by atoms with Gasteiger partial charge in [-0.25, -0.2) is 4.99 Å². The van der Waals surface area contributed by atoms with Crippen LogP contribution in [0.2, 0.25) is 0 Å². The van der Waals surface area contributed by atoms with Crippen molar-refractivity contribution in [3.63, 3.8) is 0 Å². The lowest BCUT2D eigenvalue weighted by Crippen LogP contribution is -2.29. The summed E-state index contributed by atoms with van der Waals surface area (Å²) in [5, 5.41) is 9.69. The van der Waals surface area contributed by atoms with Gasteiger partial charge in [0.25, 0.3) is 0 Å². The second kappa shape index (κ2) is 7.91. The summed E-state index contributed by atoms with van der Waals surface area (Å²) in [7, 11) is 0. The van der Waals surface area contributed by atoms with E-state index in [0.29, 0.717) is 0 Å². The SMILES string of the molecule is CC1(C)c2ccccc2-c2cc(-c3ccc4c(c3)c3c5c(cc6c7c(n4c63)N=C3C=CC=CC3N7)oc3ccccc35)ccc21. The molecule has 4 heterocycles. The zero-order valence-corrected chi connectivity index (χ0v) is 24.8. The van der Waals surface area contributed by atoms with Crippen LogP contribution in [0.4, 0.5) is 11.5 Å². The number of hydrogen-bond donors (Lipinski definition) is 1. The standard InChI is InChI=1S/C41H27N3O/c1-41(2)29-11-5-3-9-24(29)26-19-22(15-17-30(26)41)23-16-18-33-27(20-23)37-36-25-10-4-8-14-34(25)45-35(36)21-28-38-40(44(33)39(28)37)43-32-13-7-6-12-31(32)42-38/h3-21,31,42H,1-2H3. The zero-order chi connectivity index (χ0) is 29.6. The van der Waals surface area contributed by atoms with Gasteiger partial charge in [-0.3, -0.25) is 4.40 Å². The molecule has 0 saturated heterocycles. The van der Waals surface area contributed by atoms with E-state index in [1.54, 1.807) is 0 Å². The largest absolute Gasteiger partial charge is 0.456 e. The minimum atomic E-state index is -0.00746. The molecule has 1 aliphatic heterocycles. The van der Waals surface area contributed by atoms with Crippen molar-refractivity contribution in [2.75, 3.05) is 5.32 Å². The van der Waals surface area contributed by atoms with Gasteiger partial charge in [0.1, 0.15) is 11.2 Å². The summed E-state index contributed by atoms with van der Waals surface area (Å²) < 4.78 is 8.89. The van der Waals surface area contributed by atoms with Gasteiger partial charge in [-0.2, -0.15) is 0 Å². The monoisotopic (exact) mass is 577 g/mol. The van der Waals surface area contributed by atoms with Gasteiger partial charge in [-0.1, -0.05) is 92.7 Å². The lowest BCUT2D eigenvalue weighted by atomic mass is 9.82. The predicted octanol–water partition coefficient (Wildman–Crippen LogP) is 10.5. The average Bonchev–Trinajstić information content (AvgIpc) is 3.77. The third kappa shape index (κ3) is 2.86. The predicted molar refractivity (Wildman–Crippen MR) is 187 cm³/mol. The van der Waals surface area contributed by atoms with Gasteiger partial charge in [0, 0.05) is 32.3 Å². The molecule has 4 heteroatoms. The number of para-hydroxylation sites is 1. The summed E-state index contributed by atoms with van der Waals surface area (Å²) in [4.78, 5) is 5.25. The molecule has 0 bridgehead atoms. The molecule has 4 nitrogen and oxygen atoms in total. The summed E-state index contributed by atoms with van der Waals surface area (Å²) >= 11 is 0. The fourth-order valence-corrected chi connectivity index (χ4v) is 8.43. The maximum Gasteiger partial charge on any atom is 0.162 e. The van der Waals surface area contributed by atoms with Crippen molar-refractivity contribution in [2.24, 2.45) is 4.99 Å². The van der Waals surface area contributed by atoms with E-state index < -0.39 is 0 Å². The smallest absolute Gasteiger partial charge is 0.162 e. The molecule has 45 heavy (non-hydrogen) atoms. The van der Waals surface area contributed by atoms with Crippen LogP contribution >= 0.6 is 0 Å². The molecule has 0 radical (unpaired) electrons. The summed E-state index contributed by atoms with van der Waals surface area (Å²) in [5.41, 5.74) is 14.2. The van der Waals surface area contributed by atoms with Crippen LogP contribution in [0.25, 0.3) is 71.4 Å². The first-order valence-electron chi connectivity index (χ1n) is 15.7. The summed E-state index contributed by atoms with van der Waals surface area (Å²) in [5.74, 6) is 0.956. The molecule has 0 saturated carbocycles. The van der Waals surface area contributed by atoms with Crippen LogP contribution in [-0.2, 0) is 5.41 Å². The molecule has 1 atom stereocenters. The zero-order valence-electron chi connectivity index (χ0n) is 24.8. The van der Waals surface area contributed by atoms with Gasteiger partial charge in [0.05, 0.1) is 28.5 Å². The summed E-state index contributed by atoms with van der Waals surface area (Å²) in [6.07, 6.45) is 8.44. The molecule has 212 valence electrons. The molecule has 1 N–H and O–H groups in total. The van der Waals surface area contributed by atoms with Gasteiger partial charge in [0.2, 0.25) is 0 Å². The Kier molecular flexibility index (Phi) is 4.18. The molecule has 2 aliphatic carbocycles. The van der Waals surface area contributed by atoms with Crippen LogP contribution < -0.4 is 5.32 Å². The average molecular weight is 578 g/mol. The number of fused-ring (bicyclic) bond motifs is 14. The Morgan fingerprint density at radius 1 is 0.733 bits per heavy atom. The number of furan rings is 1. The van der Waals surface area contributed by atoms with E-state index in [0.717, 1.165) is 44.7 Å². The van der Waals surface area contributed by atoms with E-state index in [2.05, 4.69) is 133 Å². The topological polar surface area (TPSA) is 41.9 Å². The van der Waals surface area contributed by atoms with Crippen LogP contribution in [0.15, 0.2) is 125 Å². The number of aromatic nitrogens is 1. The third-order valence-corrected chi connectivity index (χ3v) is 10.5. The van der Waals surface area contributed by atoms with Crippen LogP contribution in [0, 0.1) is 0 Å². The van der Waals surface area contributed by atoms with Gasteiger partial charge < -0.3 is 9.73 Å². The molecule has 0 amide bonds. The normalized spacial score (nSPS) is 17.6. The second-order valence-electron chi connectivity index (χ2n) is 13.2. The van der Waals surface area contributed by atoms with Crippen LogP contribution in [0.1, 0.15) is 25.0 Å². The number of nitrogens with one attached hydrogen (secondary N) is 1. The van der Waals surface area contributed by atoms with Gasteiger partial charge in [-0.05, 0) is 69.8 Å². The van der Waals surface area contributed by atoms with Crippen molar-refractivity contribution < 1.29 is 4.42 Å². The molecule has 1 unspecified atom stereocenters. The first-order chi connectivity index (χ1) is 22.1. The van der Waals surface area contributed by atoms with Crippen LogP contribution in [0.5, 0.6) is 0 Å². The number of nitrogens with zero attached hydrogens (tertiary/aromatic N) is 2. The van der Waals surface area contributed by atoms with Crippen molar-refractivity contribution in [3.05, 3.63) is 126 Å². The molecule has 0 fully saturated rings. The minimum Gasteiger partial charge on any atom is -0.456 e. The van der Waals surface area contributed by atoms with E-state index >= 15 is 0 Å². The highest BCUT2D eigenvalue weighted by molar-refractivity contribution is 6.34. The van der Waals surface area contributed by atoms with Gasteiger partial charge >= 0.3 is 0 Å². The molecule has 0 spiro atoms. The highest BCUT2D eigenvalue weighted by atomic mass is 16.3. The number of aliphatic imine (C=N–C) groups is 1. The Bertz CT molecular complexity index is 2710. The quantitative estimate of drug-likeness (QED) is 0.211. The maximum atomic E-state index is 6.53. The highest BCUT2D eigenvalue weighted by Crippen LogP contribution is 2.52. The lowest BCUT2D eigenvalue weighted by Gasteiger charge is -2.23. The molecular formula is C41H27N3O. The highest BCUT2D eigenvalue weighted by Gasteiger charge is 2.35. The number of hydrogen-bond acceptors (Lipinski definition) is 3. The maximum absolute atomic E-state index is 6.53. The van der Waals surface area contributed by atoms with Crippen LogP contribution in [-0.4, -0.2) is 16.2 Å². The lowest BCUT2D eigenvalue weighted by molar-refractivity contribution is 0.660. The summed E-state index contributed by atoms with van der Waals surface area (Å²) in [6.45, 7) is 4.67. The van der Waals surface area contributed by atoms with Crippen molar-refractivity contribution in [3.8, 4) is 22.3 Å². The first kappa shape index (κ1) is 23.8. The third-order valence-electron chi connectivity index (χ3n) is 10.5. The van der Waals surface area contributed by atoms with Crippen molar-refractivity contribution >= 4 is 66.3 Å². The molecular weight excluding hydrogens is 550 g/mol. The Morgan fingerprint density at radius 2 is 1.56 bits per heavy atom. The molecule has 5 aromatic carbocycles. The number of rotatable bonds is 1. The van der Waals surface area contributed by atoms with E-state index in [9.17, 15) is 0 Å². The number of allylic oxidation sites excluding steroid dienone is 2. The fourth-order valence-electron chi connectivity index (χ4n) is 8.43. The van der Waals surface area contributed by atoms with Crippen molar-refractivity contribution in [2.45, 2.75) is 25.3 Å². The Morgan fingerprint density at radius 3 is 2.51 bits per heavy atom. The van der Waals surface area contributed by atoms with E-state index in [4.69, 9.17) is 9.41 Å². The minimum absolute atomic E-state index is 0.00746. The first-order valence-corrected chi connectivity index (χ1v) is 15.7. The van der Waals surface area contributed by atoms with E-state index in [-0.39, 0.29) is 11.5 Å². The Labute approximate surface area is 258 Å². The Hall–Kier alpha value is -5.61. The number of benzene rings is 5. The fraction of sp³-hybridized carbons (Fsp3) is 0.0976. The molecule has 11 rings (SSSR count). The Balaban J connectivity index is 1.24. The van der Waals surface area contributed by atoms with Crippen LogP contribution in [0.3, 0.4) is 0 Å². The van der Waals surface area contributed by atoms with Gasteiger partial charge in [0.15, 0.2) is 5.82 Å². The molecule has 3 aliphatic rings. The summed E-state index contributed by atoms with van der Waals surface area (Å²) in [6, 6.07) is 33.5. The van der Waals surface area contributed by atoms with E-state index in [1.807, 2.05) is 6.07 Å². The number of anilines is 1. The van der Waals surface area contributed by atoms with E-state index in [1.165, 1.54) is 55.1 Å². The molecule has 3 aromatic heterocycles. The van der Waals surface area contributed by atoms with Gasteiger partial charge in [-0.15, -0.1) is 0 Å².